The molecule has 4 N–H and O–H groups in total. The van der Waals surface area contributed by atoms with E-state index in [9.17, 15) is 9.90 Å². The molecule has 3 aromatic carbocycles. The molecular weight excluding hydrogens is 590 g/mol. The van der Waals surface area contributed by atoms with Crippen LogP contribution >= 0.6 is 11.6 Å². The standard InChI is InChI=1S/C36H48ClN3O5/c1-36(2)44-26-30-22-29(16-17-34(30)45-36)33(41)25-38-18-6-3-4-7-19-43-20-8-5-11-27-12-9-13-28(21-27)24-39-35(42)40-32-15-10-14-31(37)23-32/h9-10,12-17,21-23,33,38,41H,3-8,11,18-20,24-26H2,1-2H3,(H2,39,40,42)/t33-/m1/s1. The quantitative estimate of drug-likeness (QED) is 0.108. The first-order valence-corrected chi connectivity index (χ1v) is 16.5. The number of carbonyl (C=O) groups is 1. The van der Waals surface area contributed by atoms with E-state index in [1.807, 2.05) is 44.2 Å². The number of unbranched alkanes of at least 4 members (excludes halogenated alkanes) is 4. The minimum absolute atomic E-state index is 0.259. The zero-order valence-electron chi connectivity index (χ0n) is 26.6. The zero-order valence-corrected chi connectivity index (χ0v) is 27.3. The number of urea groups is 1. The van der Waals surface area contributed by atoms with Gasteiger partial charge in [-0.3, -0.25) is 0 Å². The van der Waals surface area contributed by atoms with Crippen LogP contribution in [0.15, 0.2) is 66.7 Å². The number of benzene rings is 3. The number of anilines is 1. The summed E-state index contributed by atoms with van der Waals surface area (Å²) in [5.41, 5.74) is 4.85. The lowest BCUT2D eigenvalue weighted by atomic mass is 10.0. The van der Waals surface area contributed by atoms with Crippen LogP contribution in [0.5, 0.6) is 5.75 Å². The molecule has 0 aromatic heterocycles. The van der Waals surface area contributed by atoms with Crippen LogP contribution in [0.3, 0.4) is 0 Å². The van der Waals surface area contributed by atoms with E-state index in [0.717, 1.165) is 87.1 Å². The Labute approximate surface area is 272 Å². The number of fused-ring (bicyclic) bond motifs is 1. The van der Waals surface area contributed by atoms with Gasteiger partial charge in [-0.1, -0.05) is 60.8 Å². The summed E-state index contributed by atoms with van der Waals surface area (Å²) < 4.78 is 17.4. The largest absolute Gasteiger partial charge is 0.463 e. The number of aliphatic hydroxyl groups excluding tert-OH is 1. The van der Waals surface area contributed by atoms with E-state index in [0.29, 0.717) is 30.4 Å². The Hall–Kier alpha value is -3.14. The molecule has 1 aliphatic rings. The number of aryl methyl sites for hydroxylation is 1. The molecule has 0 bridgehead atoms. The highest BCUT2D eigenvalue weighted by atomic mass is 35.5. The fraction of sp³-hybridized carbons (Fsp3) is 0.472. The number of nitrogens with one attached hydrogen (secondary N) is 3. The Kier molecular flexibility index (Phi) is 14.0. The van der Waals surface area contributed by atoms with E-state index >= 15 is 0 Å². The second-order valence-corrected chi connectivity index (χ2v) is 12.4. The van der Waals surface area contributed by atoms with Crippen molar-refractivity contribution in [1.82, 2.24) is 10.6 Å². The van der Waals surface area contributed by atoms with Gasteiger partial charge in [0.05, 0.1) is 12.7 Å². The molecule has 0 saturated heterocycles. The SMILES string of the molecule is CC1(C)OCc2cc([C@H](O)CNCCCCCCOCCCCc3cccc(CNC(=O)Nc4cccc(Cl)c4)c3)ccc2O1. The Balaban J connectivity index is 0.966. The highest BCUT2D eigenvalue weighted by molar-refractivity contribution is 6.30. The van der Waals surface area contributed by atoms with Crippen LogP contribution in [0.1, 0.15) is 80.7 Å². The van der Waals surface area contributed by atoms with Gasteiger partial charge in [0, 0.05) is 56.4 Å². The molecule has 244 valence electrons. The average molecular weight is 638 g/mol. The third-order valence-electron chi connectivity index (χ3n) is 7.66. The van der Waals surface area contributed by atoms with Crippen molar-refractivity contribution < 1.29 is 24.1 Å². The molecule has 9 heteroatoms. The Morgan fingerprint density at radius 2 is 1.73 bits per heavy atom. The predicted molar refractivity (Wildman–Crippen MR) is 180 cm³/mol. The molecule has 0 radical (unpaired) electrons. The third kappa shape index (κ3) is 12.6. The summed E-state index contributed by atoms with van der Waals surface area (Å²) in [5.74, 6) is 0.211. The van der Waals surface area contributed by atoms with Gasteiger partial charge in [0.1, 0.15) is 5.75 Å². The molecule has 0 aliphatic carbocycles. The van der Waals surface area contributed by atoms with Crippen LogP contribution in [0, 0.1) is 0 Å². The summed E-state index contributed by atoms with van der Waals surface area (Å²) >= 11 is 5.97. The van der Waals surface area contributed by atoms with Gasteiger partial charge in [-0.2, -0.15) is 0 Å². The van der Waals surface area contributed by atoms with Crippen LogP contribution in [-0.4, -0.2) is 43.2 Å². The third-order valence-corrected chi connectivity index (χ3v) is 7.90. The van der Waals surface area contributed by atoms with Crippen LogP contribution in [0.2, 0.25) is 5.02 Å². The van der Waals surface area contributed by atoms with Gasteiger partial charge >= 0.3 is 6.03 Å². The molecule has 0 saturated carbocycles. The number of amides is 2. The number of ether oxygens (including phenoxy) is 3. The molecule has 0 unspecified atom stereocenters. The summed E-state index contributed by atoms with van der Waals surface area (Å²) in [6.45, 7) is 7.74. The predicted octanol–water partition coefficient (Wildman–Crippen LogP) is 7.53. The highest BCUT2D eigenvalue weighted by Crippen LogP contribution is 2.32. The smallest absolute Gasteiger partial charge is 0.319 e. The van der Waals surface area contributed by atoms with Gasteiger partial charge in [-0.15, -0.1) is 0 Å². The van der Waals surface area contributed by atoms with Gasteiger partial charge in [-0.05, 0) is 85.7 Å². The maximum absolute atomic E-state index is 12.2. The van der Waals surface area contributed by atoms with E-state index in [4.69, 9.17) is 25.8 Å². The Morgan fingerprint density at radius 3 is 2.58 bits per heavy atom. The number of halogens is 1. The van der Waals surface area contributed by atoms with E-state index in [2.05, 4.69) is 28.1 Å². The maximum Gasteiger partial charge on any atom is 0.319 e. The van der Waals surface area contributed by atoms with Crippen molar-refractivity contribution in [3.05, 3.63) is 94.0 Å². The lowest BCUT2D eigenvalue weighted by Crippen LogP contribution is -2.35. The lowest BCUT2D eigenvalue weighted by Gasteiger charge is -2.33. The zero-order chi connectivity index (χ0) is 31.9. The minimum atomic E-state index is -0.613. The molecular formula is C36H48ClN3O5. The fourth-order valence-electron chi connectivity index (χ4n) is 5.18. The van der Waals surface area contributed by atoms with E-state index in [-0.39, 0.29) is 6.03 Å². The first-order valence-electron chi connectivity index (χ1n) is 16.1. The molecule has 45 heavy (non-hydrogen) atoms. The van der Waals surface area contributed by atoms with Gasteiger partial charge in [-0.25, -0.2) is 4.79 Å². The number of carbonyl (C=O) groups excluding carboxylic acids is 1. The van der Waals surface area contributed by atoms with Gasteiger partial charge in [0.25, 0.3) is 0 Å². The van der Waals surface area contributed by atoms with Gasteiger partial charge in [0.2, 0.25) is 5.79 Å². The minimum Gasteiger partial charge on any atom is -0.463 e. The molecule has 1 heterocycles. The van der Waals surface area contributed by atoms with Crippen LogP contribution in [-0.2, 0) is 29.0 Å². The highest BCUT2D eigenvalue weighted by Gasteiger charge is 2.27. The molecule has 0 spiro atoms. The number of rotatable bonds is 18. The van der Waals surface area contributed by atoms with Crippen molar-refractivity contribution >= 4 is 23.3 Å². The molecule has 1 atom stereocenters. The van der Waals surface area contributed by atoms with Crippen molar-refractivity contribution in [2.45, 2.75) is 83.8 Å². The second kappa shape index (κ2) is 18.1. The summed E-state index contributed by atoms with van der Waals surface area (Å²) in [6.07, 6.45) is 6.95. The van der Waals surface area contributed by atoms with Crippen LogP contribution < -0.4 is 20.7 Å². The van der Waals surface area contributed by atoms with Gasteiger partial charge < -0.3 is 35.3 Å². The summed E-state index contributed by atoms with van der Waals surface area (Å²) in [7, 11) is 0. The van der Waals surface area contributed by atoms with Crippen molar-refractivity contribution in [1.29, 1.82) is 0 Å². The van der Waals surface area contributed by atoms with Crippen molar-refractivity contribution in [3.8, 4) is 5.75 Å². The molecule has 1 aliphatic heterocycles. The normalized spacial score (nSPS) is 14.3. The van der Waals surface area contributed by atoms with Crippen LogP contribution in [0.25, 0.3) is 0 Å². The number of aliphatic hydroxyl groups is 1. The first-order chi connectivity index (χ1) is 21.8. The Bertz CT molecular complexity index is 1350. The molecule has 4 rings (SSSR count). The maximum atomic E-state index is 12.2. The second-order valence-electron chi connectivity index (χ2n) is 12.0. The topological polar surface area (TPSA) is 101 Å². The van der Waals surface area contributed by atoms with Crippen LogP contribution in [0.4, 0.5) is 10.5 Å². The van der Waals surface area contributed by atoms with E-state index < -0.39 is 11.9 Å². The van der Waals surface area contributed by atoms with Crippen molar-refractivity contribution in [2.24, 2.45) is 0 Å². The number of hydrogen-bond acceptors (Lipinski definition) is 6. The van der Waals surface area contributed by atoms with Gasteiger partial charge in [0.15, 0.2) is 0 Å². The summed E-state index contributed by atoms with van der Waals surface area (Å²) in [5, 5.41) is 20.2. The summed E-state index contributed by atoms with van der Waals surface area (Å²) in [4.78, 5) is 12.2. The molecule has 8 nitrogen and oxygen atoms in total. The Morgan fingerprint density at radius 1 is 0.956 bits per heavy atom. The molecule has 0 fully saturated rings. The molecule has 3 aromatic rings. The first kappa shape index (κ1) is 34.7. The fourth-order valence-corrected chi connectivity index (χ4v) is 5.37. The average Bonchev–Trinajstić information content (AvgIpc) is 3.01. The van der Waals surface area contributed by atoms with Crippen molar-refractivity contribution in [2.75, 3.05) is 31.6 Å². The molecule has 2 amide bonds. The monoisotopic (exact) mass is 637 g/mol. The van der Waals surface area contributed by atoms with Crippen molar-refractivity contribution in [3.63, 3.8) is 0 Å². The van der Waals surface area contributed by atoms with E-state index in [1.54, 1.807) is 24.3 Å². The summed E-state index contributed by atoms with van der Waals surface area (Å²) in [6, 6.07) is 21.0. The number of hydrogen-bond donors (Lipinski definition) is 4. The lowest BCUT2D eigenvalue weighted by molar-refractivity contribution is -0.180. The van der Waals surface area contributed by atoms with E-state index in [1.165, 1.54) is 5.56 Å².